The van der Waals surface area contributed by atoms with Crippen molar-refractivity contribution in [2.75, 3.05) is 6.54 Å². The normalized spacial score (nSPS) is 31.2. The van der Waals surface area contributed by atoms with Crippen molar-refractivity contribution in [3.63, 3.8) is 0 Å². The summed E-state index contributed by atoms with van der Waals surface area (Å²) in [5.74, 6) is 0.354. The number of likely N-dealkylation sites (tertiary alicyclic amines) is 1. The maximum Gasteiger partial charge on any atom is 0.223 e. The van der Waals surface area contributed by atoms with E-state index < -0.39 is 0 Å². The molecule has 3 heteroatoms. The Bertz CT molecular complexity index is 300. The zero-order valence-corrected chi connectivity index (χ0v) is 12.7. The Balaban J connectivity index is 2.02. The van der Waals surface area contributed by atoms with Crippen LogP contribution in [0.4, 0.5) is 0 Å². The van der Waals surface area contributed by atoms with Crippen LogP contribution in [0.3, 0.4) is 0 Å². The summed E-state index contributed by atoms with van der Waals surface area (Å²) in [4.78, 5) is 14.9. The SMILES string of the molecule is C[C@@H]1CCC[C@H](C)N1C(=O)CC1(CN)CCCCC1. The highest BCUT2D eigenvalue weighted by Crippen LogP contribution is 2.39. The molecule has 0 bridgehead atoms. The maximum atomic E-state index is 12.7. The summed E-state index contributed by atoms with van der Waals surface area (Å²) in [6.07, 6.45) is 10.3. The minimum atomic E-state index is 0.103. The van der Waals surface area contributed by atoms with Crippen LogP contribution in [-0.4, -0.2) is 29.4 Å². The molecule has 19 heavy (non-hydrogen) atoms. The van der Waals surface area contributed by atoms with Gasteiger partial charge < -0.3 is 10.6 Å². The number of nitrogens with two attached hydrogens (primary N) is 1. The molecule has 2 fully saturated rings. The van der Waals surface area contributed by atoms with E-state index in [1.165, 1.54) is 25.7 Å². The van der Waals surface area contributed by atoms with E-state index in [-0.39, 0.29) is 5.41 Å². The third-order valence-electron chi connectivity index (χ3n) is 5.35. The Morgan fingerprint density at radius 2 is 1.68 bits per heavy atom. The van der Waals surface area contributed by atoms with Gasteiger partial charge in [-0.15, -0.1) is 0 Å². The first-order chi connectivity index (χ1) is 9.08. The van der Waals surface area contributed by atoms with Gasteiger partial charge in [0.2, 0.25) is 5.91 Å². The first-order valence-corrected chi connectivity index (χ1v) is 8.09. The van der Waals surface area contributed by atoms with Crippen molar-refractivity contribution in [2.45, 2.75) is 83.7 Å². The Kier molecular flexibility index (Phi) is 4.88. The predicted octanol–water partition coefficient (Wildman–Crippen LogP) is 3.08. The highest BCUT2D eigenvalue weighted by Gasteiger charge is 2.37. The van der Waals surface area contributed by atoms with E-state index in [0.717, 1.165) is 25.7 Å². The topological polar surface area (TPSA) is 46.3 Å². The molecule has 1 saturated carbocycles. The van der Waals surface area contributed by atoms with Gasteiger partial charge in [0.25, 0.3) is 0 Å². The number of carbonyl (C=O) groups excluding carboxylic acids is 1. The van der Waals surface area contributed by atoms with Crippen LogP contribution in [0.2, 0.25) is 0 Å². The quantitative estimate of drug-likeness (QED) is 0.853. The Hall–Kier alpha value is -0.570. The number of hydrogen-bond donors (Lipinski definition) is 1. The molecule has 0 aromatic carbocycles. The minimum absolute atomic E-state index is 0.103. The molecule has 3 nitrogen and oxygen atoms in total. The standard InChI is InChI=1S/C16H30N2O/c1-13-7-6-8-14(2)18(13)15(19)11-16(12-17)9-4-3-5-10-16/h13-14H,3-12,17H2,1-2H3/t13-,14+. The molecule has 0 unspecified atom stereocenters. The molecule has 0 aromatic heterocycles. The molecule has 2 N–H and O–H groups in total. The third-order valence-corrected chi connectivity index (χ3v) is 5.35. The van der Waals surface area contributed by atoms with Gasteiger partial charge in [0.15, 0.2) is 0 Å². The van der Waals surface area contributed by atoms with Crippen LogP contribution in [0.15, 0.2) is 0 Å². The van der Waals surface area contributed by atoms with Crippen molar-refractivity contribution in [1.82, 2.24) is 4.90 Å². The summed E-state index contributed by atoms with van der Waals surface area (Å²) < 4.78 is 0. The number of rotatable bonds is 3. The number of carbonyl (C=O) groups is 1. The molecule has 110 valence electrons. The number of piperidine rings is 1. The average molecular weight is 266 g/mol. The van der Waals surface area contributed by atoms with Crippen LogP contribution in [0, 0.1) is 5.41 Å². The Morgan fingerprint density at radius 1 is 1.11 bits per heavy atom. The molecule has 0 spiro atoms. The van der Waals surface area contributed by atoms with Crippen LogP contribution in [-0.2, 0) is 4.79 Å². The number of nitrogens with zero attached hydrogens (tertiary/aromatic N) is 1. The van der Waals surface area contributed by atoms with Gasteiger partial charge in [-0.3, -0.25) is 4.79 Å². The van der Waals surface area contributed by atoms with Gasteiger partial charge in [-0.2, -0.15) is 0 Å². The van der Waals surface area contributed by atoms with E-state index in [0.29, 0.717) is 31.0 Å². The van der Waals surface area contributed by atoms with Crippen LogP contribution in [0.5, 0.6) is 0 Å². The van der Waals surface area contributed by atoms with Crippen molar-refractivity contribution in [2.24, 2.45) is 11.1 Å². The molecule has 0 aromatic rings. The highest BCUT2D eigenvalue weighted by molar-refractivity contribution is 5.77. The molecule has 1 heterocycles. The van der Waals surface area contributed by atoms with Crippen molar-refractivity contribution < 1.29 is 4.79 Å². The number of amides is 1. The molecule has 2 aliphatic rings. The van der Waals surface area contributed by atoms with Gasteiger partial charge in [0, 0.05) is 18.5 Å². The van der Waals surface area contributed by atoms with E-state index in [1.807, 2.05) is 0 Å². The fourth-order valence-corrected chi connectivity index (χ4v) is 4.08. The lowest BCUT2D eigenvalue weighted by Gasteiger charge is -2.43. The monoisotopic (exact) mass is 266 g/mol. The highest BCUT2D eigenvalue weighted by atomic mass is 16.2. The second-order valence-electron chi connectivity index (χ2n) is 6.87. The van der Waals surface area contributed by atoms with Gasteiger partial charge in [-0.1, -0.05) is 19.3 Å². The fraction of sp³-hybridized carbons (Fsp3) is 0.938. The van der Waals surface area contributed by atoms with E-state index >= 15 is 0 Å². The minimum Gasteiger partial charge on any atom is -0.337 e. The number of hydrogen-bond acceptors (Lipinski definition) is 2. The molecule has 1 aliphatic carbocycles. The van der Waals surface area contributed by atoms with Crippen LogP contribution in [0.25, 0.3) is 0 Å². The van der Waals surface area contributed by atoms with Gasteiger partial charge in [0.05, 0.1) is 0 Å². The van der Waals surface area contributed by atoms with Gasteiger partial charge in [-0.25, -0.2) is 0 Å². The molecule has 2 atom stereocenters. The average Bonchev–Trinajstić information content (AvgIpc) is 2.39. The van der Waals surface area contributed by atoms with Crippen molar-refractivity contribution in [1.29, 1.82) is 0 Å². The first kappa shape index (κ1) is 14.8. The van der Waals surface area contributed by atoms with E-state index in [4.69, 9.17) is 5.73 Å². The summed E-state index contributed by atoms with van der Waals surface area (Å²) >= 11 is 0. The molecular formula is C16H30N2O. The molecular weight excluding hydrogens is 236 g/mol. The smallest absolute Gasteiger partial charge is 0.223 e. The Labute approximate surface area is 117 Å². The van der Waals surface area contributed by atoms with Crippen LogP contribution < -0.4 is 5.73 Å². The third kappa shape index (κ3) is 3.31. The van der Waals surface area contributed by atoms with Crippen molar-refractivity contribution in [3.8, 4) is 0 Å². The van der Waals surface area contributed by atoms with Crippen LogP contribution >= 0.6 is 0 Å². The summed E-state index contributed by atoms with van der Waals surface area (Å²) in [6, 6.07) is 0.823. The Morgan fingerprint density at radius 3 is 2.21 bits per heavy atom. The molecule has 2 rings (SSSR count). The second-order valence-corrected chi connectivity index (χ2v) is 6.87. The fourth-order valence-electron chi connectivity index (χ4n) is 4.08. The van der Waals surface area contributed by atoms with Crippen molar-refractivity contribution >= 4 is 5.91 Å². The molecule has 1 aliphatic heterocycles. The van der Waals surface area contributed by atoms with E-state index in [2.05, 4.69) is 18.7 Å². The molecule has 1 saturated heterocycles. The summed E-state index contributed by atoms with van der Waals surface area (Å²) in [6.45, 7) is 5.07. The second kappa shape index (κ2) is 6.25. The van der Waals surface area contributed by atoms with Crippen LogP contribution in [0.1, 0.15) is 71.6 Å². The molecule has 1 amide bonds. The largest absolute Gasteiger partial charge is 0.337 e. The van der Waals surface area contributed by atoms with Gasteiger partial charge in [-0.05, 0) is 57.9 Å². The zero-order valence-electron chi connectivity index (χ0n) is 12.7. The zero-order chi connectivity index (χ0) is 13.9. The predicted molar refractivity (Wildman–Crippen MR) is 78.8 cm³/mol. The van der Waals surface area contributed by atoms with Gasteiger partial charge >= 0.3 is 0 Å². The summed E-state index contributed by atoms with van der Waals surface area (Å²) in [5, 5.41) is 0. The van der Waals surface area contributed by atoms with E-state index in [9.17, 15) is 4.79 Å². The van der Waals surface area contributed by atoms with E-state index in [1.54, 1.807) is 0 Å². The van der Waals surface area contributed by atoms with Crippen molar-refractivity contribution in [3.05, 3.63) is 0 Å². The summed E-state index contributed by atoms with van der Waals surface area (Å²) in [7, 11) is 0. The first-order valence-electron chi connectivity index (χ1n) is 8.09. The lowest BCUT2D eigenvalue weighted by molar-refractivity contribution is -0.140. The summed E-state index contributed by atoms with van der Waals surface area (Å²) in [5.41, 5.74) is 6.12. The lowest BCUT2D eigenvalue weighted by Crippen LogP contribution is -2.50. The maximum absolute atomic E-state index is 12.7. The molecule has 0 radical (unpaired) electrons. The van der Waals surface area contributed by atoms with Gasteiger partial charge in [0.1, 0.15) is 0 Å². The lowest BCUT2D eigenvalue weighted by atomic mass is 9.71.